The van der Waals surface area contributed by atoms with E-state index in [1.807, 2.05) is 0 Å². The Morgan fingerprint density at radius 3 is 2.62 bits per heavy atom. The number of fused-ring (bicyclic) bond motifs is 1. The molecule has 0 atom stereocenters. The van der Waals surface area contributed by atoms with Crippen LogP contribution < -0.4 is 0 Å². The van der Waals surface area contributed by atoms with Gasteiger partial charge in [0.15, 0.2) is 0 Å². The van der Waals surface area contributed by atoms with Crippen molar-refractivity contribution < 1.29 is 0 Å². The Bertz CT molecular complexity index is 366. The number of benzene rings is 1. The van der Waals surface area contributed by atoms with Crippen molar-refractivity contribution in [1.82, 2.24) is 0 Å². The van der Waals surface area contributed by atoms with Crippen molar-refractivity contribution in [3.8, 4) is 0 Å². The van der Waals surface area contributed by atoms with Crippen LogP contribution in [0.4, 0.5) is 0 Å². The standard InChI is InChI=1S/C13H16/c1-9(2)12-7-6-11-5-4-10(3)8-13(11)12/h4-5,8H,6-7H2,1-3H3. The molecule has 0 radical (unpaired) electrons. The average molecular weight is 172 g/mol. The SMILES string of the molecule is CC(C)=C1CCc2ccc(C)cc21. The normalized spacial score (nSPS) is 14.5. The highest BCUT2D eigenvalue weighted by Crippen LogP contribution is 2.34. The van der Waals surface area contributed by atoms with E-state index in [0.29, 0.717) is 0 Å². The molecule has 1 aliphatic carbocycles. The third-order valence-electron chi connectivity index (χ3n) is 2.84. The first-order valence-corrected chi connectivity index (χ1v) is 4.95. The van der Waals surface area contributed by atoms with Crippen LogP contribution in [0.5, 0.6) is 0 Å². The lowest BCUT2D eigenvalue weighted by atomic mass is 10.0. The summed E-state index contributed by atoms with van der Waals surface area (Å²) in [4.78, 5) is 0. The zero-order chi connectivity index (χ0) is 9.42. The first-order chi connectivity index (χ1) is 6.18. The van der Waals surface area contributed by atoms with Gasteiger partial charge in [-0.1, -0.05) is 29.3 Å². The molecule has 2 rings (SSSR count). The summed E-state index contributed by atoms with van der Waals surface area (Å²) < 4.78 is 0. The second kappa shape index (κ2) is 3.02. The van der Waals surface area contributed by atoms with Gasteiger partial charge in [0.05, 0.1) is 0 Å². The molecule has 0 N–H and O–H groups in total. The highest BCUT2D eigenvalue weighted by atomic mass is 14.2. The van der Waals surface area contributed by atoms with Crippen molar-refractivity contribution in [2.75, 3.05) is 0 Å². The van der Waals surface area contributed by atoms with Gasteiger partial charge >= 0.3 is 0 Å². The Kier molecular flexibility index (Phi) is 1.99. The minimum atomic E-state index is 1.23. The maximum absolute atomic E-state index is 2.32. The lowest BCUT2D eigenvalue weighted by Crippen LogP contribution is -1.83. The molecule has 0 saturated heterocycles. The molecule has 0 heterocycles. The molecule has 0 spiro atoms. The van der Waals surface area contributed by atoms with E-state index in [4.69, 9.17) is 0 Å². The first kappa shape index (κ1) is 8.55. The Morgan fingerprint density at radius 1 is 1.15 bits per heavy atom. The third-order valence-corrected chi connectivity index (χ3v) is 2.84. The quantitative estimate of drug-likeness (QED) is 0.559. The van der Waals surface area contributed by atoms with Crippen LogP contribution in [0.2, 0.25) is 0 Å². The zero-order valence-electron chi connectivity index (χ0n) is 8.65. The Hall–Kier alpha value is -1.04. The van der Waals surface area contributed by atoms with Crippen LogP contribution in [0.15, 0.2) is 23.8 Å². The van der Waals surface area contributed by atoms with Crippen molar-refractivity contribution in [3.05, 3.63) is 40.5 Å². The minimum Gasteiger partial charge on any atom is -0.0726 e. The minimum absolute atomic E-state index is 1.23. The Labute approximate surface area is 80.3 Å². The highest BCUT2D eigenvalue weighted by molar-refractivity contribution is 5.74. The summed E-state index contributed by atoms with van der Waals surface area (Å²) in [6, 6.07) is 6.82. The van der Waals surface area contributed by atoms with Crippen LogP contribution in [-0.4, -0.2) is 0 Å². The van der Waals surface area contributed by atoms with Crippen LogP contribution in [0, 0.1) is 6.92 Å². The van der Waals surface area contributed by atoms with Crippen LogP contribution >= 0.6 is 0 Å². The van der Waals surface area contributed by atoms with Gasteiger partial charge in [0, 0.05) is 0 Å². The van der Waals surface area contributed by atoms with Gasteiger partial charge in [-0.05, 0) is 50.3 Å². The molecule has 1 aromatic rings. The maximum atomic E-state index is 2.32. The van der Waals surface area contributed by atoms with E-state index in [1.54, 1.807) is 5.57 Å². The van der Waals surface area contributed by atoms with E-state index >= 15 is 0 Å². The van der Waals surface area contributed by atoms with E-state index in [9.17, 15) is 0 Å². The predicted molar refractivity (Wildman–Crippen MR) is 57.8 cm³/mol. The number of allylic oxidation sites excluding steroid dienone is 2. The number of hydrogen-bond acceptors (Lipinski definition) is 0. The second-order valence-electron chi connectivity index (χ2n) is 4.14. The topological polar surface area (TPSA) is 0 Å². The fourth-order valence-corrected chi connectivity index (χ4v) is 2.10. The van der Waals surface area contributed by atoms with Gasteiger partial charge in [0.25, 0.3) is 0 Å². The molecular formula is C13H16. The molecule has 0 saturated carbocycles. The fraction of sp³-hybridized carbons (Fsp3) is 0.385. The molecule has 0 heteroatoms. The largest absolute Gasteiger partial charge is 0.0726 e. The smallest absolute Gasteiger partial charge is 0.0190 e. The van der Waals surface area contributed by atoms with E-state index in [2.05, 4.69) is 39.0 Å². The third kappa shape index (κ3) is 1.41. The van der Waals surface area contributed by atoms with Gasteiger partial charge in [-0.2, -0.15) is 0 Å². The van der Waals surface area contributed by atoms with E-state index in [0.717, 1.165) is 0 Å². The maximum Gasteiger partial charge on any atom is -0.0190 e. The first-order valence-electron chi connectivity index (χ1n) is 4.95. The Balaban J connectivity index is 2.59. The fourth-order valence-electron chi connectivity index (χ4n) is 2.10. The van der Waals surface area contributed by atoms with Crippen LogP contribution in [0.3, 0.4) is 0 Å². The summed E-state index contributed by atoms with van der Waals surface area (Å²) in [5.74, 6) is 0. The van der Waals surface area contributed by atoms with Gasteiger partial charge in [-0.25, -0.2) is 0 Å². The van der Waals surface area contributed by atoms with Crippen molar-refractivity contribution in [1.29, 1.82) is 0 Å². The van der Waals surface area contributed by atoms with Gasteiger partial charge in [-0.3, -0.25) is 0 Å². The van der Waals surface area contributed by atoms with Gasteiger partial charge in [0.2, 0.25) is 0 Å². The van der Waals surface area contributed by atoms with Crippen molar-refractivity contribution in [2.24, 2.45) is 0 Å². The van der Waals surface area contributed by atoms with Gasteiger partial charge in [-0.15, -0.1) is 0 Å². The van der Waals surface area contributed by atoms with E-state index in [1.165, 1.54) is 35.1 Å². The number of aryl methyl sites for hydroxylation is 2. The predicted octanol–water partition coefficient (Wildman–Crippen LogP) is 3.73. The van der Waals surface area contributed by atoms with Crippen LogP contribution in [-0.2, 0) is 6.42 Å². The molecule has 1 aliphatic rings. The summed E-state index contributed by atoms with van der Waals surface area (Å²) in [6.07, 6.45) is 2.47. The molecule has 13 heavy (non-hydrogen) atoms. The summed E-state index contributed by atoms with van der Waals surface area (Å²) >= 11 is 0. The van der Waals surface area contributed by atoms with E-state index in [-0.39, 0.29) is 0 Å². The molecule has 0 nitrogen and oxygen atoms in total. The zero-order valence-corrected chi connectivity index (χ0v) is 8.65. The molecule has 68 valence electrons. The Morgan fingerprint density at radius 2 is 1.92 bits per heavy atom. The lowest BCUT2D eigenvalue weighted by Gasteiger charge is -2.04. The van der Waals surface area contributed by atoms with Crippen LogP contribution in [0.25, 0.3) is 5.57 Å². The molecule has 0 unspecified atom stereocenters. The van der Waals surface area contributed by atoms with Gasteiger partial charge < -0.3 is 0 Å². The second-order valence-corrected chi connectivity index (χ2v) is 4.14. The summed E-state index contributed by atoms with van der Waals surface area (Å²) in [7, 11) is 0. The van der Waals surface area contributed by atoms with Crippen molar-refractivity contribution in [2.45, 2.75) is 33.6 Å². The molecule has 0 amide bonds. The highest BCUT2D eigenvalue weighted by Gasteiger charge is 2.16. The molecule has 0 fully saturated rings. The summed E-state index contributed by atoms with van der Waals surface area (Å²) in [5.41, 5.74) is 7.45. The van der Waals surface area contributed by atoms with Crippen molar-refractivity contribution >= 4 is 5.57 Å². The van der Waals surface area contributed by atoms with Gasteiger partial charge in [0.1, 0.15) is 0 Å². The molecule has 0 aliphatic heterocycles. The molecular weight excluding hydrogens is 156 g/mol. The molecule has 0 aromatic heterocycles. The van der Waals surface area contributed by atoms with E-state index < -0.39 is 0 Å². The average Bonchev–Trinajstić information content (AvgIpc) is 2.46. The van der Waals surface area contributed by atoms with Crippen molar-refractivity contribution in [3.63, 3.8) is 0 Å². The summed E-state index contributed by atoms with van der Waals surface area (Å²) in [6.45, 7) is 6.60. The number of rotatable bonds is 0. The molecule has 0 bridgehead atoms. The summed E-state index contributed by atoms with van der Waals surface area (Å²) in [5, 5.41) is 0. The molecule has 1 aromatic carbocycles. The lowest BCUT2D eigenvalue weighted by molar-refractivity contribution is 1.07. The monoisotopic (exact) mass is 172 g/mol. The number of hydrogen-bond donors (Lipinski definition) is 0. The van der Waals surface area contributed by atoms with Crippen LogP contribution in [0.1, 0.15) is 37.0 Å².